The molecule has 0 heterocycles. The van der Waals surface area contributed by atoms with Crippen molar-refractivity contribution >= 4 is 23.5 Å². The molecule has 21 heavy (non-hydrogen) atoms. The largest absolute Gasteiger partial charge is 0.351 e. The number of primary amides is 1. The maximum absolute atomic E-state index is 11.4. The topological polar surface area (TPSA) is 75.4 Å². The van der Waals surface area contributed by atoms with Gasteiger partial charge in [-0.05, 0) is 37.6 Å². The molecule has 3 N–H and O–H groups in total. The van der Waals surface area contributed by atoms with E-state index in [1.54, 1.807) is 0 Å². The molecule has 1 rings (SSSR count). The summed E-state index contributed by atoms with van der Waals surface area (Å²) >= 11 is 5.89. The summed E-state index contributed by atoms with van der Waals surface area (Å²) in [4.78, 5) is 24.1. The van der Waals surface area contributed by atoms with Crippen LogP contribution in [0.4, 0.5) is 4.79 Å². The minimum absolute atomic E-state index is 0.233. The van der Waals surface area contributed by atoms with Crippen molar-refractivity contribution in [2.75, 3.05) is 13.6 Å². The van der Waals surface area contributed by atoms with Crippen LogP contribution in [0, 0.1) is 0 Å². The Balaban J connectivity index is 2.53. The molecule has 0 aliphatic carbocycles. The molecule has 0 saturated heterocycles. The number of nitrogens with zero attached hydrogens (tertiary/aromatic N) is 1. The standard InChI is InChI=1S/C15H22ClN3O2/c1-10(12-4-6-13(16)7-5-12)11(2)19(3)9-8-14(20)18-15(17)21/h4-7,10-11H,8-9H2,1-3H3,(H3,17,18,20,21). The number of carbonyl (C=O) groups is 2. The zero-order valence-electron chi connectivity index (χ0n) is 12.6. The first kappa shape index (κ1) is 17.5. The van der Waals surface area contributed by atoms with E-state index in [-0.39, 0.29) is 18.4 Å². The molecule has 2 unspecified atom stereocenters. The Morgan fingerprint density at radius 1 is 1.29 bits per heavy atom. The van der Waals surface area contributed by atoms with Crippen molar-refractivity contribution in [1.82, 2.24) is 10.2 Å². The van der Waals surface area contributed by atoms with E-state index in [2.05, 4.69) is 24.1 Å². The summed E-state index contributed by atoms with van der Waals surface area (Å²) < 4.78 is 0. The lowest BCUT2D eigenvalue weighted by molar-refractivity contribution is -0.120. The molecule has 0 radical (unpaired) electrons. The van der Waals surface area contributed by atoms with Gasteiger partial charge in [0.05, 0.1) is 0 Å². The SMILES string of the molecule is CC(c1ccc(Cl)cc1)C(C)N(C)CCC(=O)NC(N)=O. The van der Waals surface area contributed by atoms with Crippen molar-refractivity contribution in [2.24, 2.45) is 5.73 Å². The van der Waals surface area contributed by atoms with Crippen molar-refractivity contribution in [3.05, 3.63) is 34.9 Å². The van der Waals surface area contributed by atoms with Gasteiger partial charge in [-0.2, -0.15) is 0 Å². The van der Waals surface area contributed by atoms with Gasteiger partial charge in [-0.3, -0.25) is 10.1 Å². The van der Waals surface area contributed by atoms with Crippen LogP contribution in [0.25, 0.3) is 0 Å². The van der Waals surface area contributed by atoms with Gasteiger partial charge >= 0.3 is 6.03 Å². The molecule has 1 aromatic rings. The van der Waals surface area contributed by atoms with Gasteiger partial charge < -0.3 is 10.6 Å². The second kappa shape index (κ2) is 8.00. The lowest BCUT2D eigenvalue weighted by atomic mass is 9.93. The quantitative estimate of drug-likeness (QED) is 0.846. The molecule has 2 atom stereocenters. The van der Waals surface area contributed by atoms with E-state index in [9.17, 15) is 9.59 Å². The third-order valence-corrected chi connectivity index (χ3v) is 4.02. The molecule has 0 aromatic heterocycles. The molecule has 5 nitrogen and oxygen atoms in total. The Labute approximate surface area is 130 Å². The number of amides is 3. The Kier molecular flexibility index (Phi) is 6.65. The number of benzene rings is 1. The second-order valence-corrected chi connectivity index (χ2v) is 5.66. The van der Waals surface area contributed by atoms with Gasteiger partial charge in [-0.1, -0.05) is 30.7 Å². The van der Waals surface area contributed by atoms with Crippen molar-refractivity contribution in [3.8, 4) is 0 Å². The number of urea groups is 1. The number of nitrogens with two attached hydrogens (primary N) is 1. The summed E-state index contributed by atoms with van der Waals surface area (Å²) in [6.07, 6.45) is 0.233. The fourth-order valence-electron chi connectivity index (χ4n) is 2.11. The third kappa shape index (κ3) is 5.73. The fourth-order valence-corrected chi connectivity index (χ4v) is 2.23. The third-order valence-electron chi connectivity index (χ3n) is 3.77. The van der Waals surface area contributed by atoms with Crippen LogP contribution in [0.3, 0.4) is 0 Å². The number of carbonyl (C=O) groups excluding carboxylic acids is 2. The first-order valence-electron chi connectivity index (χ1n) is 6.86. The summed E-state index contributed by atoms with van der Waals surface area (Å²) in [5, 5.41) is 2.78. The lowest BCUT2D eigenvalue weighted by Gasteiger charge is -2.30. The maximum atomic E-state index is 11.4. The van der Waals surface area contributed by atoms with Gasteiger partial charge in [0.2, 0.25) is 5.91 Å². The minimum Gasteiger partial charge on any atom is -0.351 e. The zero-order chi connectivity index (χ0) is 16.0. The van der Waals surface area contributed by atoms with E-state index in [1.807, 2.05) is 31.3 Å². The van der Waals surface area contributed by atoms with E-state index < -0.39 is 6.03 Å². The van der Waals surface area contributed by atoms with Crippen LogP contribution in [0.5, 0.6) is 0 Å². The molecular formula is C15H22ClN3O2. The van der Waals surface area contributed by atoms with Crippen molar-refractivity contribution < 1.29 is 9.59 Å². The molecule has 0 bridgehead atoms. The molecule has 0 aliphatic rings. The minimum atomic E-state index is -0.815. The van der Waals surface area contributed by atoms with Gasteiger partial charge in [0.25, 0.3) is 0 Å². The van der Waals surface area contributed by atoms with E-state index in [4.69, 9.17) is 17.3 Å². The first-order chi connectivity index (χ1) is 9.81. The summed E-state index contributed by atoms with van der Waals surface area (Å²) in [6, 6.07) is 7.20. The number of rotatable bonds is 6. The molecule has 6 heteroatoms. The van der Waals surface area contributed by atoms with Gasteiger partial charge in [-0.15, -0.1) is 0 Å². The average Bonchev–Trinajstić information content (AvgIpc) is 2.43. The normalized spacial score (nSPS) is 13.8. The summed E-state index contributed by atoms with van der Waals surface area (Å²) in [5.74, 6) is -0.0628. The Morgan fingerprint density at radius 3 is 2.38 bits per heavy atom. The van der Waals surface area contributed by atoms with E-state index >= 15 is 0 Å². The zero-order valence-corrected chi connectivity index (χ0v) is 13.4. The Bertz CT molecular complexity index is 490. The van der Waals surface area contributed by atoms with Crippen LogP contribution < -0.4 is 11.1 Å². The second-order valence-electron chi connectivity index (χ2n) is 5.22. The first-order valence-corrected chi connectivity index (χ1v) is 7.24. The number of likely N-dealkylation sites (N-methyl/N-ethyl adjacent to an activating group) is 1. The van der Waals surface area contributed by atoms with Crippen LogP contribution in [0.2, 0.25) is 5.02 Å². The van der Waals surface area contributed by atoms with E-state index in [1.165, 1.54) is 5.56 Å². The highest BCUT2D eigenvalue weighted by molar-refractivity contribution is 6.30. The van der Waals surface area contributed by atoms with E-state index in [0.717, 1.165) is 5.02 Å². The average molecular weight is 312 g/mol. The van der Waals surface area contributed by atoms with Gasteiger partial charge in [-0.25, -0.2) is 4.79 Å². The predicted molar refractivity (Wildman–Crippen MR) is 84.3 cm³/mol. The number of halogens is 1. The molecule has 0 fully saturated rings. The number of imide groups is 1. The van der Waals surface area contributed by atoms with Crippen molar-refractivity contribution in [3.63, 3.8) is 0 Å². The molecular weight excluding hydrogens is 290 g/mol. The van der Waals surface area contributed by atoms with Crippen molar-refractivity contribution in [2.45, 2.75) is 32.2 Å². The van der Waals surface area contributed by atoms with Gasteiger partial charge in [0.15, 0.2) is 0 Å². The van der Waals surface area contributed by atoms with Crippen LogP contribution in [-0.2, 0) is 4.79 Å². The molecule has 116 valence electrons. The molecule has 3 amide bonds. The van der Waals surface area contributed by atoms with E-state index in [0.29, 0.717) is 12.5 Å². The van der Waals surface area contributed by atoms with Crippen LogP contribution in [0.15, 0.2) is 24.3 Å². The highest BCUT2D eigenvalue weighted by atomic mass is 35.5. The lowest BCUT2D eigenvalue weighted by Crippen LogP contribution is -2.39. The van der Waals surface area contributed by atoms with Crippen LogP contribution in [0.1, 0.15) is 31.7 Å². The fraction of sp³-hybridized carbons (Fsp3) is 0.467. The monoisotopic (exact) mass is 311 g/mol. The highest BCUT2D eigenvalue weighted by Crippen LogP contribution is 2.23. The summed E-state index contributed by atoms with van der Waals surface area (Å²) in [5.41, 5.74) is 6.10. The smallest absolute Gasteiger partial charge is 0.318 e. The molecule has 0 aliphatic heterocycles. The molecule has 1 aromatic carbocycles. The van der Waals surface area contributed by atoms with Gasteiger partial charge in [0, 0.05) is 24.0 Å². The molecule has 0 saturated carbocycles. The Morgan fingerprint density at radius 2 is 1.86 bits per heavy atom. The summed E-state index contributed by atoms with van der Waals surface area (Å²) in [6.45, 7) is 4.79. The maximum Gasteiger partial charge on any atom is 0.318 e. The Hall–Kier alpha value is -1.59. The highest BCUT2D eigenvalue weighted by Gasteiger charge is 2.19. The molecule has 0 spiro atoms. The van der Waals surface area contributed by atoms with Crippen molar-refractivity contribution in [1.29, 1.82) is 0 Å². The number of nitrogens with one attached hydrogen (secondary N) is 1. The number of hydrogen-bond donors (Lipinski definition) is 2. The predicted octanol–water partition coefficient (Wildman–Crippen LogP) is 2.35. The van der Waals surface area contributed by atoms with Crippen LogP contribution >= 0.6 is 11.6 Å². The number of hydrogen-bond acceptors (Lipinski definition) is 3. The van der Waals surface area contributed by atoms with Gasteiger partial charge in [0.1, 0.15) is 0 Å². The van der Waals surface area contributed by atoms with Crippen LogP contribution in [-0.4, -0.2) is 36.5 Å². The summed E-state index contributed by atoms with van der Waals surface area (Å²) in [7, 11) is 1.95.